The molecule has 1 aliphatic rings. The zero-order valence-corrected chi connectivity index (χ0v) is 14.6. The Morgan fingerprint density at radius 2 is 1.88 bits per heavy atom. The topological polar surface area (TPSA) is 85.2 Å². The van der Waals surface area contributed by atoms with Crippen molar-refractivity contribution in [3.63, 3.8) is 0 Å². The second-order valence-corrected chi connectivity index (χ2v) is 6.62. The van der Waals surface area contributed by atoms with Crippen LogP contribution in [0.5, 0.6) is 0 Å². The van der Waals surface area contributed by atoms with Crippen LogP contribution in [0.4, 0.5) is 0 Å². The zero-order valence-electron chi connectivity index (χ0n) is 13.8. The monoisotopic (exact) mass is 348 g/mol. The van der Waals surface area contributed by atoms with E-state index in [2.05, 4.69) is 21.6 Å². The van der Waals surface area contributed by atoms with E-state index in [1.165, 1.54) is 0 Å². The number of piperidine rings is 1. The Labute approximate surface area is 146 Å². The van der Waals surface area contributed by atoms with Gasteiger partial charge in [0, 0.05) is 23.7 Å². The molecule has 2 rings (SSSR count). The molecule has 2 N–H and O–H groups in total. The van der Waals surface area contributed by atoms with Crippen molar-refractivity contribution in [1.29, 1.82) is 5.26 Å². The zero-order chi connectivity index (χ0) is 17.7. The first kappa shape index (κ1) is 18.2. The van der Waals surface area contributed by atoms with Crippen LogP contribution in [0, 0.1) is 11.3 Å². The molecule has 7 heteroatoms. The van der Waals surface area contributed by atoms with Crippen molar-refractivity contribution < 1.29 is 9.59 Å². The standard InChI is InChI=1S/C17H21ClN4O2/c1-12(20-16(24)13-3-5-14(18)6-4-13)15(23)21-17(11-19)7-9-22(2)10-8-17/h3-6,12H,7-10H2,1-2H3,(H,20,24)(H,21,23)/t12-/m1/s1. The van der Waals surface area contributed by atoms with Gasteiger partial charge in [0.25, 0.3) is 5.91 Å². The number of hydrogen-bond acceptors (Lipinski definition) is 4. The molecule has 1 aromatic carbocycles. The van der Waals surface area contributed by atoms with E-state index < -0.39 is 11.6 Å². The quantitative estimate of drug-likeness (QED) is 0.864. The number of carbonyl (C=O) groups is 2. The van der Waals surface area contributed by atoms with Gasteiger partial charge in [0.05, 0.1) is 6.07 Å². The van der Waals surface area contributed by atoms with E-state index in [0.29, 0.717) is 23.4 Å². The summed E-state index contributed by atoms with van der Waals surface area (Å²) in [5, 5.41) is 15.4. The largest absolute Gasteiger partial charge is 0.341 e. The normalized spacial score (nSPS) is 18.2. The maximum atomic E-state index is 12.4. The van der Waals surface area contributed by atoms with Crippen LogP contribution in [-0.2, 0) is 4.79 Å². The molecule has 0 bridgehead atoms. The first-order valence-corrected chi connectivity index (χ1v) is 8.21. The number of amides is 2. The average Bonchev–Trinajstić information content (AvgIpc) is 2.57. The van der Waals surface area contributed by atoms with Gasteiger partial charge in [-0.2, -0.15) is 5.26 Å². The summed E-state index contributed by atoms with van der Waals surface area (Å²) < 4.78 is 0. The van der Waals surface area contributed by atoms with E-state index in [0.717, 1.165) is 13.1 Å². The third-order valence-corrected chi connectivity index (χ3v) is 4.52. The summed E-state index contributed by atoms with van der Waals surface area (Å²) in [6.45, 7) is 3.10. The van der Waals surface area contributed by atoms with Crippen molar-refractivity contribution in [2.45, 2.75) is 31.3 Å². The van der Waals surface area contributed by atoms with Gasteiger partial charge in [0.2, 0.25) is 5.91 Å². The van der Waals surface area contributed by atoms with E-state index >= 15 is 0 Å². The third kappa shape index (κ3) is 4.47. The number of rotatable bonds is 4. The lowest BCUT2D eigenvalue weighted by atomic mass is 9.89. The summed E-state index contributed by atoms with van der Waals surface area (Å²) in [5.74, 6) is -0.716. The number of carbonyl (C=O) groups excluding carboxylic acids is 2. The molecule has 1 aliphatic heterocycles. The van der Waals surface area contributed by atoms with Crippen molar-refractivity contribution in [1.82, 2.24) is 15.5 Å². The summed E-state index contributed by atoms with van der Waals surface area (Å²) >= 11 is 5.79. The molecular weight excluding hydrogens is 328 g/mol. The SMILES string of the molecule is C[C@@H](NC(=O)c1ccc(Cl)cc1)C(=O)NC1(C#N)CCN(C)CC1. The molecule has 1 fully saturated rings. The first-order chi connectivity index (χ1) is 11.3. The predicted octanol–water partition coefficient (Wildman–Crippen LogP) is 1.56. The van der Waals surface area contributed by atoms with Crippen molar-refractivity contribution in [2.24, 2.45) is 0 Å². The van der Waals surface area contributed by atoms with Crippen LogP contribution in [0.3, 0.4) is 0 Å². The summed E-state index contributed by atoms with van der Waals surface area (Å²) in [6, 6.07) is 7.91. The van der Waals surface area contributed by atoms with Crippen LogP contribution in [0.2, 0.25) is 5.02 Å². The van der Waals surface area contributed by atoms with Crippen LogP contribution in [-0.4, -0.2) is 48.4 Å². The second kappa shape index (κ2) is 7.65. The first-order valence-electron chi connectivity index (χ1n) is 7.83. The molecular formula is C17H21ClN4O2. The number of benzene rings is 1. The number of nitrogens with one attached hydrogen (secondary N) is 2. The van der Waals surface area contributed by atoms with Crippen molar-refractivity contribution in [3.05, 3.63) is 34.9 Å². The maximum Gasteiger partial charge on any atom is 0.251 e. The highest BCUT2D eigenvalue weighted by molar-refractivity contribution is 6.30. The molecule has 128 valence electrons. The van der Waals surface area contributed by atoms with E-state index in [4.69, 9.17) is 11.6 Å². The molecule has 0 aromatic heterocycles. The molecule has 0 unspecified atom stereocenters. The Hall–Kier alpha value is -2.10. The third-order valence-electron chi connectivity index (χ3n) is 4.26. The van der Waals surface area contributed by atoms with Gasteiger partial charge in [-0.1, -0.05) is 11.6 Å². The van der Waals surface area contributed by atoms with Crippen LogP contribution in [0.15, 0.2) is 24.3 Å². The minimum atomic E-state index is -0.858. The van der Waals surface area contributed by atoms with E-state index in [1.807, 2.05) is 7.05 Å². The van der Waals surface area contributed by atoms with Gasteiger partial charge in [0.1, 0.15) is 11.6 Å². The predicted molar refractivity (Wildman–Crippen MR) is 91.6 cm³/mol. The fraction of sp³-hybridized carbons (Fsp3) is 0.471. The number of likely N-dealkylation sites (tertiary alicyclic amines) is 1. The van der Waals surface area contributed by atoms with Gasteiger partial charge < -0.3 is 15.5 Å². The Morgan fingerprint density at radius 3 is 2.42 bits per heavy atom. The Bertz CT molecular complexity index is 646. The highest BCUT2D eigenvalue weighted by atomic mass is 35.5. The molecule has 2 amide bonds. The Kier molecular flexibility index (Phi) is 5.81. The summed E-state index contributed by atoms with van der Waals surface area (Å²) in [7, 11) is 1.98. The molecule has 0 aliphatic carbocycles. The molecule has 1 heterocycles. The molecule has 6 nitrogen and oxygen atoms in total. The van der Waals surface area contributed by atoms with Gasteiger partial charge in [0.15, 0.2) is 0 Å². The van der Waals surface area contributed by atoms with Gasteiger partial charge in [-0.3, -0.25) is 9.59 Å². The molecule has 0 spiro atoms. The lowest BCUT2D eigenvalue weighted by molar-refractivity contribution is -0.124. The van der Waals surface area contributed by atoms with Crippen LogP contribution in [0.1, 0.15) is 30.1 Å². The minimum absolute atomic E-state index is 0.358. The van der Waals surface area contributed by atoms with Crippen molar-refractivity contribution >= 4 is 23.4 Å². The number of halogens is 1. The summed E-state index contributed by atoms with van der Waals surface area (Å²) in [6.07, 6.45) is 1.15. The lowest BCUT2D eigenvalue weighted by Gasteiger charge is -2.36. The molecule has 0 saturated carbocycles. The fourth-order valence-electron chi connectivity index (χ4n) is 2.56. The van der Waals surface area contributed by atoms with Gasteiger partial charge in [-0.05, 0) is 51.1 Å². The molecule has 24 heavy (non-hydrogen) atoms. The number of nitrogens with zero attached hydrogens (tertiary/aromatic N) is 2. The summed E-state index contributed by atoms with van der Waals surface area (Å²) in [5.41, 5.74) is -0.434. The van der Waals surface area contributed by atoms with E-state index in [-0.39, 0.29) is 11.8 Å². The number of nitriles is 1. The van der Waals surface area contributed by atoms with E-state index in [9.17, 15) is 14.9 Å². The smallest absolute Gasteiger partial charge is 0.251 e. The van der Waals surface area contributed by atoms with Crippen LogP contribution >= 0.6 is 11.6 Å². The van der Waals surface area contributed by atoms with Gasteiger partial charge in [-0.25, -0.2) is 0 Å². The van der Waals surface area contributed by atoms with Crippen LogP contribution < -0.4 is 10.6 Å². The number of hydrogen-bond donors (Lipinski definition) is 2. The highest BCUT2D eigenvalue weighted by Crippen LogP contribution is 2.20. The molecule has 1 aromatic rings. The average molecular weight is 349 g/mol. The second-order valence-electron chi connectivity index (χ2n) is 6.19. The van der Waals surface area contributed by atoms with Gasteiger partial charge >= 0.3 is 0 Å². The molecule has 1 saturated heterocycles. The summed E-state index contributed by atoms with van der Waals surface area (Å²) in [4.78, 5) is 26.6. The van der Waals surface area contributed by atoms with Gasteiger partial charge in [-0.15, -0.1) is 0 Å². The lowest BCUT2D eigenvalue weighted by Crippen LogP contribution is -2.57. The highest BCUT2D eigenvalue weighted by Gasteiger charge is 2.36. The molecule has 0 radical (unpaired) electrons. The minimum Gasteiger partial charge on any atom is -0.341 e. The van der Waals surface area contributed by atoms with E-state index in [1.54, 1.807) is 31.2 Å². The van der Waals surface area contributed by atoms with Crippen molar-refractivity contribution in [2.75, 3.05) is 20.1 Å². The Morgan fingerprint density at radius 1 is 1.29 bits per heavy atom. The van der Waals surface area contributed by atoms with Crippen molar-refractivity contribution in [3.8, 4) is 6.07 Å². The van der Waals surface area contributed by atoms with Crippen LogP contribution in [0.25, 0.3) is 0 Å². The maximum absolute atomic E-state index is 12.4. The molecule has 1 atom stereocenters. The Balaban J connectivity index is 1.95. The fourth-order valence-corrected chi connectivity index (χ4v) is 2.68.